The molecule has 2 aliphatic heterocycles. The molecule has 4 heteroatoms. The van der Waals surface area contributed by atoms with E-state index in [9.17, 15) is 4.79 Å². The third-order valence-corrected chi connectivity index (χ3v) is 3.91. The first-order valence-corrected chi connectivity index (χ1v) is 7.11. The summed E-state index contributed by atoms with van der Waals surface area (Å²) in [5.74, 6) is 0. The van der Waals surface area contributed by atoms with Gasteiger partial charge < -0.3 is 9.47 Å². The Bertz CT molecular complexity index is 661. The number of rotatable bonds is 1. The lowest BCUT2D eigenvalue weighted by Gasteiger charge is -2.24. The standard InChI is InChI=1S/C17H15NO3/c1-2-20-17(19)18-13-9-5-3-7-11(13)15-16(21-15)12-8-4-6-10-14(12)18/h3-10,15-16H,2H2,1H3. The molecule has 4 nitrogen and oxygen atoms in total. The first kappa shape index (κ1) is 12.4. The lowest BCUT2D eigenvalue weighted by atomic mass is 10.0. The van der Waals surface area contributed by atoms with Gasteiger partial charge in [0.2, 0.25) is 0 Å². The maximum absolute atomic E-state index is 12.5. The molecule has 1 fully saturated rings. The Morgan fingerprint density at radius 1 is 1.05 bits per heavy atom. The summed E-state index contributed by atoms with van der Waals surface area (Å²) in [5.41, 5.74) is 3.75. The minimum absolute atomic E-state index is 0.0294. The third-order valence-electron chi connectivity index (χ3n) is 3.91. The Morgan fingerprint density at radius 2 is 1.57 bits per heavy atom. The number of ether oxygens (including phenoxy) is 2. The van der Waals surface area contributed by atoms with E-state index in [0.29, 0.717) is 6.61 Å². The molecule has 2 aromatic rings. The van der Waals surface area contributed by atoms with E-state index in [1.165, 1.54) is 0 Å². The summed E-state index contributed by atoms with van der Waals surface area (Å²) in [6, 6.07) is 15.7. The molecule has 0 bridgehead atoms. The molecule has 0 spiro atoms. The molecule has 2 aliphatic rings. The fourth-order valence-electron chi connectivity index (χ4n) is 2.96. The average molecular weight is 281 g/mol. The van der Waals surface area contributed by atoms with Gasteiger partial charge in [-0.2, -0.15) is 0 Å². The fraction of sp³-hybridized carbons (Fsp3) is 0.235. The van der Waals surface area contributed by atoms with E-state index in [4.69, 9.17) is 9.47 Å². The minimum Gasteiger partial charge on any atom is -0.449 e. The average Bonchev–Trinajstić information content (AvgIpc) is 3.29. The second kappa shape index (κ2) is 4.60. The van der Waals surface area contributed by atoms with E-state index in [-0.39, 0.29) is 18.3 Å². The number of benzene rings is 2. The van der Waals surface area contributed by atoms with Crippen molar-refractivity contribution in [2.75, 3.05) is 11.5 Å². The van der Waals surface area contributed by atoms with Crippen LogP contribution < -0.4 is 4.90 Å². The predicted molar refractivity (Wildman–Crippen MR) is 78.6 cm³/mol. The van der Waals surface area contributed by atoms with E-state index in [2.05, 4.69) is 0 Å². The molecule has 106 valence electrons. The number of hydrogen-bond acceptors (Lipinski definition) is 3. The second-order valence-electron chi connectivity index (χ2n) is 5.13. The van der Waals surface area contributed by atoms with Crippen LogP contribution in [-0.4, -0.2) is 12.7 Å². The van der Waals surface area contributed by atoms with Gasteiger partial charge in [-0.15, -0.1) is 0 Å². The Labute approximate surface area is 122 Å². The van der Waals surface area contributed by atoms with Crippen molar-refractivity contribution in [3.63, 3.8) is 0 Å². The molecular weight excluding hydrogens is 266 g/mol. The number of carbonyl (C=O) groups excluding carboxylic acids is 1. The van der Waals surface area contributed by atoms with Crippen molar-refractivity contribution < 1.29 is 14.3 Å². The number of carbonyl (C=O) groups is 1. The quantitative estimate of drug-likeness (QED) is 0.739. The highest BCUT2D eigenvalue weighted by Gasteiger charge is 2.48. The first-order valence-electron chi connectivity index (χ1n) is 7.11. The van der Waals surface area contributed by atoms with Crippen molar-refractivity contribution in [1.82, 2.24) is 0 Å². The van der Waals surface area contributed by atoms with E-state index < -0.39 is 0 Å². The Hall–Kier alpha value is -2.33. The van der Waals surface area contributed by atoms with Crippen molar-refractivity contribution in [2.45, 2.75) is 19.1 Å². The van der Waals surface area contributed by atoms with Crippen LogP contribution in [0.4, 0.5) is 16.2 Å². The van der Waals surface area contributed by atoms with Crippen LogP contribution in [0.3, 0.4) is 0 Å². The molecule has 1 saturated heterocycles. The summed E-state index contributed by atoms with van der Waals surface area (Å²) < 4.78 is 11.1. The first-order chi connectivity index (χ1) is 10.3. The maximum Gasteiger partial charge on any atom is 0.418 e. The van der Waals surface area contributed by atoms with Crippen LogP contribution in [0, 0.1) is 0 Å². The number of hydrogen-bond donors (Lipinski definition) is 0. The highest BCUT2D eigenvalue weighted by molar-refractivity contribution is 5.98. The van der Waals surface area contributed by atoms with Gasteiger partial charge in [0.05, 0.1) is 18.0 Å². The lowest BCUT2D eigenvalue weighted by molar-refractivity contribution is 0.162. The summed E-state index contributed by atoms with van der Waals surface area (Å²) in [7, 11) is 0. The minimum atomic E-state index is -0.348. The van der Waals surface area contributed by atoms with Crippen LogP contribution in [0.15, 0.2) is 48.5 Å². The zero-order valence-electron chi connectivity index (χ0n) is 11.7. The topological polar surface area (TPSA) is 42.1 Å². The fourth-order valence-corrected chi connectivity index (χ4v) is 2.96. The van der Waals surface area contributed by atoms with Gasteiger partial charge in [0.25, 0.3) is 0 Å². The van der Waals surface area contributed by atoms with Gasteiger partial charge in [0, 0.05) is 11.1 Å². The largest absolute Gasteiger partial charge is 0.449 e. The predicted octanol–water partition coefficient (Wildman–Crippen LogP) is 4.11. The van der Waals surface area contributed by atoms with Gasteiger partial charge in [-0.3, -0.25) is 0 Å². The molecule has 2 atom stereocenters. The number of para-hydroxylation sites is 2. The van der Waals surface area contributed by atoms with E-state index in [1.807, 2.05) is 55.5 Å². The SMILES string of the molecule is CCOC(=O)N1c2ccccc2C2OC2c2ccccc21. The third kappa shape index (κ3) is 1.83. The van der Waals surface area contributed by atoms with Crippen LogP contribution in [-0.2, 0) is 9.47 Å². The number of epoxide rings is 1. The van der Waals surface area contributed by atoms with Crippen molar-refractivity contribution in [3.05, 3.63) is 59.7 Å². The van der Waals surface area contributed by atoms with Crippen molar-refractivity contribution in [2.24, 2.45) is 0 Å². The van der Waals surface area contributed by atoms with Crippen LogP contribution in [0.5, 0.6) is 0 Å². The van der Waals surface area contributed by atoms with Gasteiger partial charge >= 0.3 is 6.09 Å². The number of anilines is 2. The molecule has 0 N–H and O–H groups in total. The number of fused-ring (bicyclic) bond motifs is 5. The Balaban J connectivity index is 1.93. The van der Waals surface area contributed by atoms with E-state index >= 15 is 0 Å². The van der Waals surface area contributed by atoms with Gasteiger partial charge in [0.1, 0.15) is 12.2 Å². The zero-order valence-corrected chi connectivity index (χ0v) is 11.7. The molecule has 0 saturated carbocycles. The number of nitrogens with zero attached hydrogens (tertiary/aromatic N) is 1. The Morgan fingerprint density at radius 3 is 2.10 bits per heavy atom. The summed E-state index contributed by atoms with van der Waals surface area (Å²) in [4.78, 5) is 14.1. The zero-order chi connectivity index (χ0) is 14.4. The maximum atomic E-state index is 12.5. The molecule has 0 radical (unpaired) electrons. The van der Waals surface area contributed by atoms with Crippen LogP contribution in [0.1, 0.15) is 30.3 Å². The molecule has 21 heavy (non-hydrogen) atoms. The molecule has 1 amide bonds. The molecule has 0 aromatic heterocycles. The molecule has 2 heterocycles. The van der Waals surface area contributed by atoms with E-state index in [1.54, 1.807) is 4.90 Å². The van der Waals surface area contributed by atoms with E-state index in [0.717, 1.165) is 22.5 Å². The normalized spacial score (nSPS) is 21.7. The van der Waals surface area contributed by atoms with Gasteiger partial charge in [-0.1, -0.05) is 36.4 Å². The Kier molecular flexibility index (Phi) is 2.72. The smallest absolute Gasteiger partial charge is 0.418 e. The molecular formula is C17H15NO3. The monoisotopic (exact) mass is 281 g/mol. The van der Waals surface area contributed by atoms with Gasteiger partial charge in [0.15, 0.2) is 0 Å². The molecule has 4 rings (SSSR count). The summed E-state index contributed by atoms with van der Waals surface area (Å²) in [6.45, 7) is 2.16. The molecule has 2 unspecified atom stereocenters. The van der Waals surface area contributed by atoms with Gasteiger partial charge in [-0.05, 0) is 19.1 Å². The highest BCUT2D eigenvalue weighted by atomic mass is 16.6. The van der Waals surface area contributed by atoms with Crippen LogP contribution in [0.25, 0.3) is 0 Å². The summed E-state index contributed by atoms with van der Waals surface area (Å²) in [5, 5.41) is 0. The van der Waals surface area contributed by atoms with Crippen molar-refractivity contribution >= 4 is 17.5 Å². The highest BCUT2D eigenvalue weighted by Crippen LogP contribution is 2.58. The summed E-state index contributed by atoms with van der Waals surface area (Å²) in [6.07, 6.45) is -0.290. The van der Waals surface area contributed by atoms with Crippen LogP contribution >= 0.6 is 0 Å². The number of amides is 1. The summed E-state index contributed by atoms with van der Waals surface area (Å²) >= 11 is 0. The van der Waals surface area contributed by atoms with Gasteiger partial charge in [-0.25, -0.2) is 9.69 Å². The van der Waals surface area contributed by atoms with Crippen molar-refractivity contribution in [3.8, 4) is 0 Å². The molecule has 2 aromatic carbocycles. The molecule has 0 aliphatic carbocycles. The second-order valence-corrected chi connectivity index (χ2v) is 5.13. The van der Waals surface area contributed by atoms with Crippen LogP contribution in [0.2, 0.25) is 0 Å². The lowest BCUT2D eigenvalue weighted by Crippen LogP contribution is -2.27. The van der Waals surface area contributed by atoms with Crippen molar-refractivity contribution in [1.29, 1.82) is 0 Å².